The SMILES string of the molecule is Cc1ccc(C(=C/C=C/CO)c2ccc(C)cc2)cc1. The summed E-state index contributed by atoms with van der Waals surface area (Å²) in [7, 11) is 0. The number of hydrogen-bond donors (Lipinski definition) is 1. The van der Waals surface area contributed by atoms with Crippen LogP contribution in [-0.4, -0.2) is 11.7 Å². The molecule has 0 aliphatic heterocycles. The van der Waals surface area contributed by atoms with Crippen molar-refractivity contribution in [3.63, 3.8) is 0 Å². The molecular weight excluding hydrogens is 244 g/mol. The standard InChI is InChI=1S/C19H20O/c1-15-6-10-17(11-7-15)19(5-3-4-14-20)18-12-8-16(2)9-13-18/h3-13,20H,14H2,1-2H3/b4-3+. The van der Waals surface area contributed by atoms with Crippen LogP contribution in [-0.2, 0) is 0 Å². The minimum absolute atomic E-state index is 0.0611. The van der Waals surface area contributed by atoms with Crippen LogP contribution in [0.4, 0.5) is 0 Å². The molecule has 0 unspecified atom stereocenters. The van der Waals surface area contributed by atoms with Gasteiger partial charge in [-0.25, -0.2) is 0 Å². The third-order valence-corrected chi connectivity index (χ3v) is 3.23. The smallest absolute Gasteiger partial charge is 0.0615 e. The third-order valence-electron chi connectivity index (χ3n) is 3.23. The molecule has 1 N–H and O–H groups in total. The normalized spacial score (nSPS) is 10.8. The summed E-state index contributed by atoms with van der Waals surface area (Å²) >= 11 is 0. The van der Waals surface area contributed by atoms with Crippen molar-refractivity contribution in [3.8, 4) is 0 Å². The summed E-state index contributed by atoms with van der Waals surface area (Å²) in [6.07, 6.45) is 5.68. The fourth-order valence-corrected chi connectivity index (χ4v) is 2.05. The molecule has 2 rings (SSSR count). The molecule has 0 heterocycles. The van der Waals surface area contributed by atoms with Gasteiger partial charge in [0.25, 0.3) is 0 Å². The Morgan fingerprint density at radius 1 is 0.850 bits per heavy atom. The van der Waals surface area contributed by atoms with Gasteiger partial charge in [-0.05, 0) is 30.5 Å². The Balaban J connectivity index is 2.44. The first kappa shape index (κ1) is 14.3. The number of hydrogen-bond acceptors (Lipinski definition) is 1. The number of aliphatic hydroxyl groups is 1. The number of aryl methyl sites for hydroxylation is 2. The summed E-state index contributed by atoms with van der Waals surface area (Å²) < 4.78 is 0. The Kier molecular flexibility index (Phi) is 4.91. The zero-order valence-electron chi connectivity index (χ0n) is 12.0. The van der Waals surface area contributed by atoms with Gasteiger partial charge in [-0.1, -0.05) is 77.9 Å². The third kappa shape index (κ3) is 3.69. The minimum atomic E-state index is 0.0611. The molecule has 0 aromatic heterocycles. The molecule has 0 atom stereocenters. The van der Waals surface area contributed by atoms with E-state index in [2.05, 4.69) is 62.4 Å². The van der Waals surface area contributed by atoms with Gasteiger partial charge in [-0.2, -0.15) is 0 Å². The number of aliphatic hydroxyl groups excluding tert-OH is 1. The van der Waals surface area contributed by atoms with Crippen LogP contribution in [0.2, 0.25) is 0 Å². The molecule has 2 aromatic rings. The van der Waals surface area contributed by atoms with Crippen molar-refractivity contribution in [1.82, 2.24) is 0 Å². The Morgan fingerprint density at radius 2 is 1.30 bits per heavy atom. The van der Waals surface area contributed by atoms with Gasteiger partial charge in [-0.15, -0.1) is 0 Å². The maximum Gasteiger partial charge on any atom is 0.0615 e. The van der Waals surface area contributed by atoms with E-state index in [1.165, 1.54) is 22.3 Å². The van der Waals surface area contributed by atoms with E-state index in [0.29, 0.717) is 0 Å². The van der Waals surface area contributed by atoms with Crippen molar-refractivity contribution in [3.05, 3.63) is 89.0 Å². The average Bonchev–Trinajstić information content (AvgIpc) is 2.46. The Hall–Kier alpha value is -2.12. The number of rotatable bonds is 4. The molecule has 0 fully saturated rings. The van der Waals surface area contributed by atoms with Gasteiger partial charge in [0.05, 0.1) is 6.61 Å². The zero-order valence-corrected chi connectivity index (χ0v) is 12.0. The zero-order chi connectivity index (χ0) is 14.4. The lowest BCUT2D eigenvalue weighted by Crippen LogP contribution is -1.88. The molecule has 102 valence electrons. The molecule has 1 heteroatoms. The summed E-state index contributed by atoms with van der Waals surface area (Å²) in [6, 6.07) is 17.0. The van der Waals surface area contributed by atoms with E-state index in [1.54, 1.807) is 6.08 Å². The van der Waals surface area contributed by atoms with Crippen LogP contribution < -0.4 is 0 Å². The maximum atomic E-state index is 8.88. The van der Waals surface area contributed by atoms with Gasteiger partial charge in [-0.3, -0.25) is 0 Å². The van der Waals surface area contributed by atoms with Crippen LogP contribution in [0.15, 0.2) is 66.8 Å². The summed E-state index contributed by atoms with van der Waals surface area (Å²) in [4.78, 5) is 0. The second-order valence-electron chi connectivity index (χ2n) is 4.92. The van der Waals surface area contributed by atoms with E-state index in [4.69, 9.17) is 5.11 Å². The van der Waals surface area contributed by atoms with Gasteiger partial charge >= 0.3 is 0 Å². The van der Waals surface area contributed by atoms with Crippen LogP contribution in [0.25, 0.3) is 5.57 Å². The van der Waals surface area contributed by atoms with Crippen molar-refractivity contribution in [2.45, 2.75) is 13.8 Å². The predicted octanol–water partition coefficient (Wildman–Crippen LogP) is 4.28. The summed E-state index contributed by atoms with van der Waals surface area (Å²) in [6.45, 7) is 4.24. The van der Waals surface area contributed by atoms with Crippen molar-refractivity contribution < 1.29 is 5.11 Å². The molecule has 0 spiro atoms. The second-order valence-corrected chi connectivity index (χ2v) is 4.92. The molecule has 0 radical (unpaired) electrons. The van der Waals surface area contributed by atoms with Crippen molar-refractivity contribution >= 4 is 5.57 Å². The Labute approximate surface area is 120 Å². The van der Waals surface area contributed by atoms with Crippen LogP contribution in [0.5, 0.6) is 0 Å². The van der Waals surface area contributed by atoms with Gasteiger partial charge in [0.15, 0.2) is 0 Å². The first-order valence-electron chi connectivity index (χ1n) is 6.82. The second kappa shape index (κ2) is 6.88. The van der Waals surface area contributed by atoms with E-state index < -0.39 is 0 Å². The predicted molar refractivity (Wildman–Crippen MR) is 85.7 cm³/mol. The molecule has 0 aliphatic carbocycles. The van der Waals surface area contributed by atoms with E-state index in [0.717, 1.165) is 5.57 Å². The van der Waals surface area contributed by atoms with Gasteiger partial charge < -0.3 is 5.11 Å². The van der Waals surface area contributed by atoms with Crippen molar-refractivity contribution in [1.29, 1.82) is 0 Å². The van der Waals surface area contributed by atoms with E-state index in [-0.39, 0.29) is 6.61 Å². The molecule has 0 bridgehead atoms. The summed E-state index contributed by atoms with van der Waals surface area (Å²) in [5.74, 6) is 0. The summed E-state index contributed by atoms with van der Waals surface area (Å²) in [5, 5.41) is 8.88. The lowest BCUT2D eigenvalue weighted by molar-refractivity contribution is 0.343. The molecule has 1 nitrogen and oxygen atoms in total. The fourth-order valence-electron chi connectivity index (χ4n) is 2.05. The van der Waals surface area contributed by atoms with E-state index in [1.807, 2.05) is 12.2 Å². The first-order valence-corrected chi connectivity index (χ1v) is 6.82. The molecule has 2 aromatic carbocycles. The van der Waals surface area contributed by atoms with Gasteiger partial charge in [0.2, 0.25) is 0 Å². The van der Waals surface area contributed by atoms with Crippen LogP contribution in [0, 0.1) is 13.8 Å². The highest BCUT2D eigenvalue weighted by molar-refractivity contribution is 5.80. The largest absolute Gasteiger partial charge is 0.392 e. The van der Waals surface area contributed by atoms with Crippen molar-refractivity contribution in [2.75, 3.05) is 6.61 Å². The molecule has 0 saturated heterocycles. The van der Waals surface area contributed by atoms with E-state index in [9.17, 15) is 0 Å². The van der Waals surface area contributed by atoms with Crippen LogP contribution >= 0.6 is 0 Å². The molecule has 0 aliphatic rings. The fraction of sp³-hybridized carbons (Fsp3) is 0.158. The lowest BCUT2D eigenvalue weighted by Gasteiger charge is -2.09. The summed E-state index contributed by atoms with van der Waals surface area (Å²) in [5.41, 5.74) is 6.03. The maximum absolute atomic E-state index is 8.88. The van der Waals surface area contributed by atoms with Gasteiger partial charge in [0, 0.05) is 0 Å². The van der Waals surface area contributed by atoms with Crippen LogP contribution in [0.1, 0.15) is 22.3 Å². The van der Waals surface area contributed by atoms with E-state index >= 15 is 0 Å². The van der Waals surface area contributed by atoms with Crippen LogP contribution in [0.3, 0.4) is 0 Å². The highest BCUT2D eigenvalue weighted by atomic mass is 16.2. The average molecular weight is 264 g/mol. The quantitative estimate of drug-likeness (QED) is 0.817. The molecule has 0 amide bonds. The monoisotopic (exact) mass is 264 g/mol. The topological polar surface area (TPSA) is 20.2 Å². The highest BCUT2D eigenvalue weighted by Gasteiger charge is 2.03. The first-order chi connectivity index (χ1) is 9.70. The Bertz CT molecular complexity index is 554. The highest BCUT2D eigenvalue weighted by Crippen LogP contribution is 2.24. The minimum Gasteiger partial charge on any atom is -0.392 e. The lowest BCUT2D eigenvalue weighted by atomic mass is 9.96. The molecule has 20 heavy (non-hydrogen) atoms. The Morgan fingerprint density at radius 3 is 1.70 bits per heavy atom. The molecule has 0 saturated carbocycles. The number of benzene rings is 2. The van der Waals surface area contributed by atoms with Crippen molar-refractivity contribution in [2.24, 2.45) is 0 Å². The number of allylic oxidation sites excluding steroid dienone is 2. The molecular formula is C19H20O. The van der Waals surface area contributed by atoms with Gasteiger partial charge in [0.1, 0.15) is 0 Å².